The Bertz CT molecular complexity index is 361. The summed E-state index contributed by atoms with van der Waals surface area (Å²) >= 11 is 0. The quantitative estimate of drug-likeness (QED) is 0.571. The molecular weight excluding hydrogens is 344 g/mol. The predicted molar refractivity (Wildman–Crippen MR) is 112 cm³/mol. The van der Waals surface area contributed by atoms with Gasteiger partial charge in [-0.15, -0.1) is 0 Å². The lowest BCUT2D eigenvalue weighted by molar-refractivity contribution is 0.0478. The smallest absolute Gasteiger partial charge is 0.409 e. The second-order valence-corrected chi connectivity index (χ2v) is 7.43. The summed E-state index contributed by atoms with van der Waals surface area (Å²) in [5.41, 5.74) is 0. The van der Waals surface area contributed by atoms with Crippen LogP contribution < -0.4 is 0 Å². The highest BCUT2D eigenvalue weighted by atomic mass is 16.6. The molecule has 1 rings (SSSR count). The van der Waals surface area contributed by atoms with E-state index >= 15 is 0 Å². The van der Waals surface area contributed by atoms with Gasteiger partial charge in [-0.3, -0.25) is 4.90 Å². The first-order valence-corrected chi connectivity index (χ1v) is 10.4. The first kappa shape index (κ1) is 26.1. The van der Waals surface area contributed by atoms with E-state index in [0.29, 0.717) is 12.7 Å². The molecule has 1 aliphatic heterocycles. The zero-order chi connectivity index (χ0) is 20.7. The number of rotatable bonds is 10. The molecule has 7 nitrogen and oxygen atoms in total. The molecule has 1 amide bonds. The van der Waals surface area contributed by atoms with Crippen LogP contribution in [0.25, 0.3) is 0 Å². The van der Waals surface area contributed by atoms with Crippen LogP contribution in [0.2, 0.25) is 0 Å². The third kappa shape index (κ3) is 14.8. The van der Waals surface area contributed by atoms with Gasteiger partial charge in [-0.25, -0.2) is 4.79 Å². The van der Waals surface area contributed by atoms with E-state index in [9.17, 15) is 4.79 Å². The molecule has 0 saturated carbocycles. The molecule has 162 valence electrons. The summed E-state index contributed by atoms with van der Waals surface area (Å²) in [5.74, 6) is 0. The van der Waals surface area contributed by atoms with E-state index in [4.69, 9.17) is 9.47 Å². The Morgan fingerprint density at radius 2 is 1.70 bits per heavy atom. The Hall–Kier alpha value is -0.890. The third-order valence-corrected chi connectivity index (χ3v) is 4.61. The van der Waals surface area contributed by atoms with Crippen molar-refractivity contribution in [2.75, 3.05) is 86.7 Å². The van der Waals surface area contributed by atoms with E-state index in [-0.39, 0.29) is 6.09 Å². The van der Waals surface area contributed by atoms with Crippen molar-refractivity contribution in [1.82, 2.24) is 19.6 Å². The molecule has 0 aromatic carbocycles. The molecule has 0 bridgehead atoms. The van der Waals surface area contributed by atoms with E-state index in [1.807, 2.05) is 6.92 Å². The summed E-state index contributed by atoms with van der Waals surface area (Å²) in [6.45, 7) is 18.1. The fraction of sp³-hybridized carbons (Fsp3) is 0.950. The van der Waals surface area contributed by atoms with Gasteiger partial charge < -0.3 is 24.2 Å². The minimum atomic E-state index is -0.230. The van der Waals surface area contributed by atoms with E-state index < -0.39 is 0 Å². The molecule has 0 aromatic rings. The van der Waals surface area contributed by atoms with E-state index in [1.165, 1.54) is 26.2 Å². The van der Waals surface area contributed by atoms with Gasteiger partial charge in [-0.1, -0.05) is 6.92 Å². The lowest BCUT2D eigenvalue weighted by Crippen LogP contribution is -2.45. The van der Waals surface area contributed by atoms with Crippen molar-refractivity contribution in [3.8, 4) is 0 Å². The second kappa shape index (κ2) is 16.1. The van der Waals surface area contributed by atoms with Crippen LogP contribution >= 0.6 is 0 Å². The summed E-state index contributed by atoms with van der Waals surface area (Å²) in [6.07, 6.45) is 1.12. The number of ether oxygens (including phenoxy) is 2. The molecule has 0 N–H and O–H groups in total. The number of piperazine rings is 1. The molecule has 27 heavy (non-hydrogen) atoms. The Kier molecular flexibility index (Phi) is 15.6. The summed E-state index contributed by atoms with van der Waals surface area (Å²) in [4.78, 5) is 19.9. The van der Waals surface area contributed by atoms with Crippen LogP contribution in [0, 0.1) is 0 Å². The average Bonchev–Trinajstić information content (AvgIpc) is 2.63. The van der Waals surface area contributed by atoms with Gasteiger partial charge in [0.1, 0.15) is 0 Å². The number of nitrogens with zero attached hydrogens (tertiary/aromatic N) is 4. The van der Waals surface area contributed by atoms with Crippen LogP contribution in [0.3, 0.4) is 0 Å². The SMILES string of the molecule is CC(C)OCCN1CCN(C)CC1.CCOC(=O)N(C)CCCN(C)CC. The lowest BCUT2D eigenvalue weighted by atomic mass is 10.3. The number of hydrogen-bond acceptors (Lipinski definition) is 6. The zero-order valence-electron chi connectivity index (χ0n) is 18.9. The minimum absolute atomic E-state index is 0.230. The zero-order valence-corrected chi connectivity index (χ0v) is 18.9. The molecule has 7 heteroatoms. The van der Waals surface area contributed by atoms with Crippen molar-refractivity contribution in [3.63, 3.8) is 0 Å². The normalized spacial score (nSPS) is 15.6. The summed E-state index contributed by atoms with van der Waals surface area (Å²) in [5, 5.41) is 0. The molecule has 1 saturated heterocycles. The van der Waals surface area contributed by atoms with Crippen LogP contribution in [0.4, 0.5) is 4.79 Å². The van der Waals surface area contributed by atoms with E-state index in [2.05, 4.69) is 49.6 Å². The monoisotopic (exact) mass is 388 g/mol. The van der Waals surface area contributed by atoms with Crippen LogP contribution in [0.1, 0.15) is 34.1 Å². The van der Waals surface area contributed by atoms with Crippen LogP contribution in [-0.4, -0.2) is 119 Å². The van der Waals surface area contributed by atoms with Gasteiger partial charge in [0.2, 0.25) is 0 Å². The Balaban J connectivity index is 0.000000501. The van der Waals surface area contributed by atoms with Gasteiger partial charge in [0, 0.05) is 46.3 Å². The maximum absolute atomic E-state index is 11.2. The summed E-state index contributed by atoms with van der Waals surface area (Å²) < 4.78 is 10.4. The topological polar surface area (TPSA) is 48.5 Å². The van der Waals surface area contributed by atoms with Crippen LogP contribution in [-0.2, 0) is 9.47 Å². The molecular formula is C20H44N4O3. The number of carbonyl (C=O) groups excluding carboxylic acids is 1. The van der Waals surface area contributed by atoms with Crippen LogP contribution in [0.15, 0.2) is 0 Å². The molecule has 1 fully saturated rings. The molecule has 0 aliphatic carbocycles. The largest absolute Gasteiger partial charge is 0.450 e. The predicted octanol–water partition coefficient (Wildman–Crippen LogP) is 2.08. The van der Waals surface area contributed by atoms with Crippen molar-refractivity contribution in [1.29, 1.82) is 0 Å². The fourth-order valence-corrected chi connectivity index (χ4v) is 2.55. The third-order valence-electron chi connectivity index (χ3n) is 4.61. The van der Waals surface area contributed by atoms with Gasteiger partial charge in [0.25, 0.3) is 0 Å². The second-order valence-electron chi connectivity index (χ2n) is 7.43. The molecule has 0 aromatic heterocycles. The maximum atomic E-state index is 11.2. The van der Waals surface area contributed by atoms with Gasteiger partial charge >= 0.3 is 6.09 Å². The van der Waals surface area contributed by atoms with Gasteiger partial charge in [-0.2, -0.15) is 0 Å². The first-order valence-electron chi connectivity index (χ1n) is 10.4. The van der Waals surface area contributed by atoms with E-state index in [0.717, 1.165) is 39.2 Å². The number of carbonyl (C=O) groups is 1. The highest BCUT2D eigenvalue weighted by molar-refractivity contribution is 5.67. The number of amides is 1. The maximum Gasteiger partial charge on any atom is 0.409 e. The van der Waals surface area contributed by atoms with Crippen molar-refractivity contribution in [2.24, 2.45) is 0 Å². The highest BCUT2D eigenvalue weighted by Crippen LogP contribution is 1.99. The van der Waals surface area contributed by atoms with Crippen LogP contribution in [0.5, 0.6) is 0 Å². The number of hydrogen-bond donors (Lipinski definition) is 0. The van der Waals surface area contributed by atoms with Crippen molar-refractivity contribution >= 4 is 6.09 Å². The minimum Gasteiger partial charge on any atom is -0.450 e. The lowest BCUT2D eigenvalue weighted by Gasteiger charge is -2.32. The van der Waals surface area contributed by atoms with Gasteiger partial charge in [-0.05, 0) is 54.4 Å². The first-order chi connectivity index (χ1) is 12.8. The Labute approximate surface area is 167 Å². The molecule has 1 aliphatic rings. The molecule has 0 spiro atoms. The molecule has 1 heterocycles. The number of likely N-dealkylation sites (N-methyl/N-ethyl adjacent to an activating group) is 1. The fourth-order valence-electron chi connectivity index (χ4n) is 2.55. The highest BCUT2D eigenvalue weighted by Gasteiger charge is 2.13. The van der Waals surface area contributed by atoms with E-state index in [1.54, 1.807) is 11.9 Å². The van der Waals surface area contributed by atoms with Crippen molar-refractivity contribution < 1.29 is 14.3 Å². The molecule has 0 radical (unpaired) electrons. The Morgan fingerprint density at radius 3 is 2.22 bits per heavy atom. The average molecular weight is 389 g/mol. The Morgan fingerprint density at radius 1 is 1.07 bits per heavy atom. The van der Waals surface area contributed by atoms with Gasteiger partial charge in [0.05, 0.1) is 19.3 Å². The summed E-state index contributed by atoms with van der Waals surface area (Å²) in [6, 6.07) is 0. The van der Waals surface area contributed by atoms with Crippen molar-refractivity contribution in [3.05, 3.63) is 0 Å². The summed E-state index contributed by atoms with van der Waals surface area (Å²) in [7, 11) is 6.02. The standard InChI is InChI=1S/C10H22N2O2.C10H22N2O/c1-5-11(3)8-7-9-12(4)10(13)14-6-2;1-10(2)13-9-8-12-6-4-11(3)5-7-12/h5-9H2,1-4H3;10H,4-9H2,1-3H3. The van der Waals surface area contributed by atoms with Gasteiger partial charge in [0.15, 0.2) is 0 Å². The van der Waals surface area contributed by atoms with Crippen molar-refractivity contribution in [2.45, 2.75) is 40.2 Å². The molecule has 0 unspecified atom stereocenters. The molecule has 0 atom stereocenters.